The van der Waals surface area contributed by atoms with Crippen molar-refractivity contribution in [2.24, 2.45) is 0 Å². The minimum absolute atomic E-state index is 0.100. The van der Waals surface area contributed by atoms with Gasteiger partial charge in [0.25, 0.3) is 0 Å². The lowest BCUT2D eigenvalue weighted by Crippen LogP contribution is -2.32. The minimum Gasteiger partial charge on any atom is -0.481 e. The van der Waals surface area contributed by atoms with Crippen molar-refractivity contribution in [3.63, 3.8) is 0 Å². The molecule has 0 atom stereocenters. The number of carbonyl (C=O) groups excluding carboxylic acids is 1. The van der Waals surface area contributed by atoms with E-state index in [2.05, 4.69) is 0 Å². The first-order valence-corrected chi connectivity index (χ1v) is 5.70. The monoisotopic (exact) mass is 255 g/mol. The predicted molar refractivity (Wildman–Crippen MR) is 66.3 cm³/mol. The van der Waals surface area contributed by atoms with Crippen LogP contribution in [0.3, 0.4) is 0 Å². The van der Waals surface area contributed by atoms with Crippen molar-refractivity contribution < 1.29 is 14.7 Å². The number of para-hydroxylation sites is 1. The van der Waals surface area contributed by atoms with Crippen molar-refractivity contribution in [1.29, 1.82) is 0 Å². The normalized spacial score (nSPS) is 10.0. The summed E-state index contributed by atoms with van der Waals surface area (Å²) in [6, 6.07) is 6.90. The van der Waals surface area contributed by atoms with Gasteiger partial charge in [0, 0.05) is 13.0 Å². The summed E-state index contributed by atoms with van der Waals surface area (Å²) in [5.41, 5.74) is 0.558. The van der Waals surface area contributed by atoms with Crippen LogP contribution in [0, 0.1) is 0 Å². The molecule has 1 N–H and O–H groups in total. The third kappa shape index (κ3) is 3.75. The Morgan fingerprint density at radius 3 is 2.53 bits per heavy atom. The molecule has 1 aromatic rings. The van der Waals surface area contributed by atoms with Crippen LogP contribution in [-0.4, -0.2) is 23.5 Å². The Bertz CT molecular complexity index is 420. The third-order valence-electron chi connectivity index (χ3n) is 2.30. The van der Waals surface area contributed by atoms with Gasteiger partial charge in [0.05, 0.1) is 17.1 Å². The molecule has 17 heavy (non-hydrogen) atoms. The predicted octanol–water partition coefficient (Wildman–Crippen LogP) is 2.56. The summed E-state index contributed by atoms with van der Waals surface area (Å²) in [4.78, 5) is 23.7. The van der Waals surface area contributed by atoms with Crippen LogP contribution < -0.4 is 4.90 Å². The van der Waals surface area contributed by atoms with Gasteiger partial charge in [0.15, 0.2) is 0 Å². The smallest absolute Gasteiger partial charge is 0.305 e. The summed E-state index contributed by atoms with van der Waals surface area (Å²) < 4.78 is 0. The molecular formula is C12H14ClNO3. The van der Waals surface area contributed by atoms with Crippen LogP contribution in [0.25, 0.3) is 0 Å². The summed E-state index contributed by atoms with van der Waals surface area (Å²) in [6.07, 6.45) is 0.210. The van der Waals surface area contributed by atoms with Crippen LogP contribution in [0.2, 0.25) is 5.02 Å². The number of carboxylic acids is 1. The zero-order valence-corrected chi connectivity index (χ0v) is 10.3. The average Bonchev–Trinajstić information content (AvgIpc) is 2.30. The molecule has 0 saturated carbocycles. The van der Waals surface area contributed by atoms with Crippen molar-refractivity contribution in [2.45, 2.75) is 19.8 Å². The van der Waals surface area contributed by atoms with Crippen molar-refractivity contribution in [2.75, 3.05) is 11.4 Å². The lowest BCUT2D eigenvalue weighted by Gasteiger charge is -2.22. The topological polar surface area (TPSA) is 57.6 Å². The number of nitrogens with zero attached hydrogens (tertiary/aromatic N) is 1. The van der Waals surface area contributed by atoms with E-state index < -0.39 is 5.97 Å². The van der Waals surface area contributed by atoms with Crippen LogP contribution in [0.4, 0.5) is 5.69 Å². The van der Waals surface area contributed by atoms with E-state index in [1.807, 2.05) is 0 Å². The molecule has 0 aliphatic heterocycles. The number of carboxylic acid groups (broad SMARTS) is 1. The number of anilines is 1. The number of benzene rings is 1. The van der Waals surface area contributed by atoms with E-state index in [1.54, 1.807) is 31.2 Å². The summed E-state index contributed by atoms with van der Waals surface area (Å²) >= 11 is 5.99. The Hall–Kier alpha value is -1.55. The molecule has 0 bridgehead atoms. The van der Waals surface area contributed by atoms with E-state index in [9.17, 15) is 9.59 Å². The van der Waals surface area contributed by atoms with Crippen molar-refractivity contribution in [1.82, 2.24) is 0 Å². The van der Waals surface area contributed by atoms with Gasteiger partial charge >= 0.3 is 5.97 Å². The highest BCUT2D eigenvalue weighted by molar-refractivity contribution is 6.33. The van der Waals surface area contributed by atoms with E-state index in [-0.39, 0.29) is 18.9 Å². The highest BCUT2D eigenvalue weighted by Crippen LogP contribution is 2.25. The summed E-state index contributed by atoms with van der Waals surface area (Å²) in [5.74, 6) is -1.08. The number of halogens is 1. The fraction of sp³-hybridized carbons (Fsp3) is 0.333. The number of amides is 1. The van der Waals surface area contributed by atoms with Gasteiger partial charge in [0.1, 0.15) is 0 Å². The van der Waals surface area contributed by atoms with Crippen molar-refractivity contribution in [3.05, 3.63) is 29.3 Å². The molecule has 5 heteroatoms. The molecule has 1 aromatic carbocycles. The summed E-state index contributed by atoms with van der Waals surface area (Å²) in [6.45, 7) is 1.86. The quantitative estimate of drug-likeness (QED) is 0.880. The number of aliphatic carboxylic acids is 1. The van der Waals surface area contributed by atoms with Gasteiger partial charge in [-0.3, -0.25) is 9.59 Å². The molecule has 0 spiro atoms. The maximum absolute atomic E-state index is 11.8. The molecule has 4 nitrogen and oxygen atoms in total. The third-order valence-corrected chi connectivity index (χ3v) is 2.62. The van der Waals surface area contributed by atoms with Crippen LogP contribution in [0.15, 0.2) is 24.3 Å². The highest BCUT2D eigenvalue weighted by Gasteiger charge is 2.17. The molecule has 0 radical (unpaired) electrons. The Kier molecular flexibility index (Phi) is 4.97. The first-order chi connectivity index (χ1) is 8.06. The maximum Gasteiger partial charge on any atom is 0.305 e. The zero-order chi connectivity index (χ0) is 12.8. The fourth-order valence-electron chi connectivity index (χ4n) is 1.45. The van der Waals surface area contributed by atoms with Gasteiger partial charge in [-0.05, 0) is 12.1 Å². The largest absolute Gasteiger partial charge is 0.481 e. The Morgan fingerprint density at radius 2 is 2.00 bits per heavy atom. The molecule has 0 aromatic heterocycles. The molecular weight excluding hydrogens is 242 g/mol. The van der Waals surface area contributed by atoms with E-state index in [0.29, 0.717) is 17.1 Å². The molecule has 0 aliphatic carbocycles. The van der Waals surface area contributed by atoms with Gasteiger partial charge in [0.2, 0.25) is 5.91 Å². The number of hydrogen-bond donors (Lipinski definition) is 1. The van der Waals surface area contributed by atoms with E-state index in [0.717, 1.165) is 0 Å². The number of rotatable bonds is 5. The Morgan fingerprint density at radius 1 is 1.35 bits per heavy atom. The SMILES string of the molecule is CCC(=O)N(CCC(=O)O)c1ccccc1Cl. The van der Waals surface area contributed by atoms with Gasteiger partial charge in [-0.1, -0.05) is 30.7 Å². The molecule has 1 amide bonds. The Labute approximate surface area is 105 Å². The van der Waals surface area contributed by atoms with E-state index in [4.69, 9.17) is 16.7 Å². The maximum atomic E-state index is 11.8. The average molecular weight is 256 g/mol. The van der Waals surface area contributed by atoms with Crippen molar-refractivity contribution >= 4 is 29.2 Å². The molecule has 0 aliphatic rings. The summed E-state index contributed by atoms with van der Waals surface area (Å²) in [7, 11) is 0. The first kappa shape index (κ1) is 13.5. The fourth-order valence-corrected chi connectivity index (χ4v) is 1.69. The number of hydrogen-bond acceptors (Lipinski definition) is 2. The lowest BCUT2D eigenvalue weighted by atomic mass is 10.2. The van der Waals surface area contributed by atoms with Crippen LogP contribution >= 0.6 is 11.6 Å². The van der Waals surface area contributed by atoms with E-state index in [1.165, 1.54) is 4.90 Å². The second kappa shape index (κ2) is 6.25. The van der Waals surface area contributed by atoms with Crippen LogP contribution in [0.5, 0.6) is 0 Å². The second-order valence-corrected chi connectivity index (χ2v) is 3.90. The molecule has 92 valence electrons. The molecule has 0 unspecified atom stereocenters. The highest BCUT2D eigenvalue weighted by atomic mass is 35.5. The van der Waals surface area contributed by atoms with E-state index >= 15 is 0 Å². The molecule has 1 rings (SSSR count). The van der Waals surface area contributed by atoms with Crippen LogP contribution in [-0.2, 0) is 9.59 Å². The summed E-state index contributed by atoms with van der Waals surface area (Å²) in [5, 5.41) is 9.11. The van der Waals surface area contributed by atoms with Gasteiger partial charge in [-0.2, -0.15) is 0 Å². The minimum atomic E-state index is -0.939. The lowest BCUT2D eigenvalue weighted by molar-refractivity contribution is -0.136. The molecule has 0 heterocycles. The van der Waals surface area contributed by atoms with Crippen LogP contribution in [0.1, 0.15) is 19.8 Å². The standard InChI is InChI=1S/C12H14ClNO3/c1-2-11(15)14(8-7-12(16)17)10-6-4-3-5-9(10)13/h3-6H,2,7-8H2,1H3,(H,16,17). The van der Waals surface area contributed by atoms with Gasteiger partial charge in [-0.25, -0.2) is 0 Å². The van der Waals surface area contributed by atoms with Gasteiger partial charge in [-0.15, -0.1) is 0 Å². The zero-order valence-electron chi connectivity index (χ0n) is 9.52. The Balaban J connectivity index is 2.94. The second-order valence-electron chi connectivity index (χ2n) is 3.49. The molecule has 0 saturated heterocycles. The van der Waals surface area contributed by atoms with Crippen molar-refractivity contribution in [3.8, 4) is 0 Å². The van der Waals surface area contributed by atoms with Gasteiger partial charge < -0.3 is 10.0 Å². The number of carbonyl (C=O) groups is 2. The molecule has 0 fully saturated rings. The first-order valence-electron chi connectivity index (χ1n) is 5.33.